The predicted octanol–water partition coefficient (Wildman–Crippen LogP) is 2.81. The van der Waals surface area contributed by atoms with Crippen LogP contribution in [-0.4, -0.2) is 46.5 Å². The fourth-order valence-corrected chi connectivity index (χ4v) is 3.64. The Bertz CT molecular complexity index is 978. The molecule has 1 aromatic heterocycles. The highest BCUT2D eigenvalue weighted by Crippen LogP contribution is 2.28. The van der Waals surface area contributed by atoms with Gasteiger partial charge in [-0.1, -0.05) is 0 Å². The number of hydrogen-bond acceptors (Lipinski definition) is 4. The molecule has 0 aliphatic carbocycles. The number of rotatable bonds is 5. The van der Waals surface area contributed by atoms with Gasteiger partial charge in [0, 0.05) is 13.1 Å². The summed E-state index contributed by atoms with van der Waals surface area (Å²) in [4.78, 5) is 31.1. The lowest BCUT2D eigenvalue weighted by molar-refractivity contribution is -0.142. The third-order valence-electron chi connectivity index (χ3n) is 5.47. The van der Waals surface area contributed by atoms with Crippen LogP contribution in [0.2, 0.25) is 0 Å². The Morgan fingerprint density at radius 1 is 1.21 bits per heavy atom. The third kappa shape index (κ3) is 4.44. The number of alkyl halides is 3. The minimum absolute atomic E-state index is 0.0386. The minimum Gasteiger partial charge on any atom is -0.353 e. The standard InChI is InChI=1S/C20H25F3N4O2/c1-12-10-15-16(11-13(12)2)27(19(29)17(25-15)20(21,22)23)14(3)18(28)24-6-9-26-7-4-5-8-26/h10-11,14H,4-9H2,1-3H3,(H,24,28). The lowest BCUT2D eigenvalue weighted by Gasteiger charge is -2.21. The molecule has 3 rings (SSSR count). The maximum atomic E-state index is 13.4. The molecule has 0 radical (unpaired) electrons. The van der Waals surface area contributed by atoms with Crippen LogP contribution in [0.4, 0.5) is 13.2 Å². The fraction of sp³-hybridized carbons (Fsp3) is 0.550. The molecule has 1 amide bonds. The molecule has 29 heavy (non-hydrogen) atoms. The van der Waals surface area contributed by atoms with E-state index in [1.54, 1.807) is 19.9 Å². The second-order valence-electron chi connectivity index (χ2n) is 7.57. The number of benzene rings is 1. The van der Waals surface area contributed by atoms with Crippen LogP contribution in [0.3, 0.4) is 0 Å². The van der Waals surface area contributed by atoms with Gasteiger partial charge in [-0.2, -0.15) is 13.2 Å². The normalized spacial score (nSPS) is 16.3. The molecule has 2 aromatic rings. The number of aromatic nitrogens is 2. The van der Waals surface area contributed by atoms with Gasteiger partial charge < -0.3 is 10.2 Å². The molecule has 2 heterocycles. The van der Waals surface area contributed by atoms with E-state index in [9.17, 15) is 22.8 Å². The van der Waals surface area contributed by atoms with E-state index in [-0.39, 0.29) is 11.0 Å². The van der Waals surface area contributed by atoms with Crippen LogP contribution in [0.25, 0.3) is 11.0 Å². The van der Waals surface area contributed by atoms with Crippen molar-refractivity contribution in [3.8, 4) is 0 Å². The van der Waals surface area contributed by atoms with Gasteiger partial charge in [0.2, 0.25) is 11.6 Å². The van der Waals surface area contributed by atoms with Crippen molar-refractivity contribution in [1.29, 1.82) is 0 Å². The van der Waals surface area contributed by atoms with Crippen LogP contribution in [0, 0.1) is 13.8 Å². The Labute approximate surface area is 166 Å². The van der Waals surface area contributed by atoms with Crippen LogP contribution in [0.5, 0.6) is 0 Å². The molecule has 1 aromatic carbocycles. The van der Waals surface area contributed by atoms with E-state index in [1.165, 1.54) is 13.0 Å². The summed E-state index contributed by atoms with van der Waals surface area (Å²) < 4.78 is 41.1. The molecule has 0 spiro atoms. The molecule has 1 aliphatic rings. The van der Waals surface area contributed by atoms with E-state index in [2.05, 4.69) is 15.2 Å². The Balaban J connectivity index is 1.97. The van der Waals surface area contributed by atoms with E-state index < -0.39 is 29.4 Å². The first-order valence-electron chi connectivity index (χ1n) is 9.70. The van der Waals surface area contributed by atoms with Gasteiger partial charge >= 0.3 is 6.18 Å². The Hall–Kier alpha value is -2.42. The molecule has 0 saturated carbocycles. The van der Waals surface area contributed by atoms with Gasteiger partial charge in [0.05, 0.1) is 11.0 Å². The van der Waals surface area contributed by atoms with Gasteiger partial charge in [0.15, 0.2) is 0 Å². The van der Waals surface area contributed by atoms with Crippen LogP contribution in [0.1, 0.15) is 42.6 Å². The summed E-state index contributed by atoms with van der Waals surface area (Å²) in [6, 6.07) is 2.01. The van der Waals surface area contributed by atoms with E-state index in [0.717, 1.165) is 41.6 Å². The highest BCUT2D eigenvalue weighted by molar-refractivity contribution is 5.84. The number of aryl methyl sites for hydroxylation is 2. The van der Waals surface area contributed by atoms with Crippen LogP contribution < -0.4 is 10.9 Å². The second-order valence-corrected chi connectivity index (χ2v) is 7.57. The van der Waals surface area contributed by atoms with Crippen LogP contribution >= 0.6 is 0 Å². The number of hydrogen-bond donors (Lipinski definition) is 1. The summed E-state index contributed by atoms with van der Waals surface area (Å²) in [5.41, 5.74) is -1.01. The quantitative estimate of drug-likeness (QED) is 0.823. The predicted molar refractivity (Wildman–Crippen MR) is 104 cm³/mol. The van der Waals surface area contributed by atoms with Crippen LogP contribution in [-0.2, 0) is 11.0 Å². The van der Waals surface area contributed by atoms with E-state index >= 15 is 0 Å². The first-order valence-corrected chi connectivity index (χ1v) is 9.70. The summed E-state index contributed by atoms with van der Waals surface area (Å²) >= 11 is 0. The number of nitrogens with zero attached hydrogens (tertiary/aromatic N) is 3. The van der Waals surface area contributed by atoms with Crippen molar-refractivity contribution in [2.24, 2.45) is 0 Å². The van der Waals surface area contributed by atoms with Crippen molar-refractivity contribution >= 4 is 16.9 Å². The SMILES string of the molecule is Cc1cc2nc(C(F)(F)F)c(=O)n(C(C)C(=O)NCCN3CCCC3)c2cc1C. The molecule has 1 atom stereocenters. The number of halogens is 3. The zero-order valence-electron chi connectivity index (χ0n) is 16.8. The van der Waals surface area contributed by atoms with Crippen molar-refractivity contribution in [2.45, 2.75) is 45.8 Å². The molecule has 1 saturated heterocycles. The first kappa shape index (κ1) is 21.3. The second kappa shape index (κ2) is 8.14. The summed E-state index contributed by atoms with van der Waals surface area (Å²) in [6.07, 6.45) is -2.65. The van der Waals surface area contributed by atoms with Gasteiger partial charge in [0.1, 0.15) is 6.04 Å². The van der Waals surface area contributed by atoms with Crippen molar-refractivity contribution in [1.82, 2.24) is 19.8 Å². The number of amides is 1. The topological polar surface area (TPSA) is 67.2 Å². The number of carbonyl (C=O) groups is 1. The fourth-order valence-electron chi connectivity index (χ4n) is 3.64. The van der Waals surface area contributed by atoms with Gasteiger partial charge in [-0.05, 0) is 70.0 Å². The molecule has 1 N–H and O–H groups in total. The molecule has 6 nitrogen and oxygen atoms in total. The zero-order valence-corrected chi connectivity index (χ0v) is 16.8. The molecule has 0 bridgehead atoms. The highest BCUT2D eigenvalue weighted by Gasteiger charge is 2.38. The molecule has 1 aliphatic heterocycles. The Kier molecular flexibility index (Phi) is 5.97. The maximum absolute atomic E-state index is 13.4. The van der Waals surface area contributed by atoms with E-state index in [4.69, 9.17) is 0 Å². The van der Waals surface area contributed by atoms with Gasteiger partial charge in [-0.3, -0.25) is 14.2 Å². The lowest BCUT2D eigenvalue weighted by Crippen LogP contribution is -2.41. The summed E-state index contributed by atoms with van der Waals surface area (Å²) in [7, 11) is 0. The first-order chi connectivity index (χ1) is 13.6. The minimum atomic E-state index is -4.90. The molecular weight excluding hydrogens is 385 g/mol. The van der Waals surface area contributed by atoms with Gasteiger partial charge in [0.25, 0.3) is 5.56 Å². The Morgan fingerprint density at radius 3 is 2.45 bits per heavy atom. The molecule has 1 unspecified atom stereocenters. The number of nitrogens with one attached hydrogen (secondary N) is 1. The average Bonchev–Trinajstić information content (AvgIpc) is 3.14. The number of likely N-dealkylation sites (tertiary alicyclic amines) is 1. The maximum Gasteiger partial charge on any atom is 0.438 e. The van der Waals surface area contributed by atoms with Crippen molar-refractivity contribution in [3.63, 3.8) is 0 Å². The van der Waals surface area contributed by atoms with Crippen molar-refractivity contribution in [3.05, 3.63) is 39.3 Å². The average molecular weight is 410 g/mol. The summed E-state index contributed by atoms with van der Waals surface area (Å²) in [6.45, 7) is 8.00. The van der Waals surface area contributed by atoms with E-state index in [0.29, 0.717) is 13.1 Å². The number of carbonyl (C=O) groups excluding carboxylic acids is 1. The smallest absolute Gasteiger partial charge is 0.353 e. The van der Waals surface area contributed by atoms with Crippen molar-refractivity contribution in [2.75, 3.05) is 26.2 Å². The lowest BCUT2D eigenvalue weighted by atomic mass is 10.1. The van der Waals surface area contributed by atoms with E-state index in [1.807, 2.05) is 0 Å². The highest BCUT2D eigenvalue weighted by atomic mass is 19.4. The molecular formula is C20H25F3N4O2. The van der Waals surface area contributed by atoms with Crippen LogP contribution in [0.15, 0.2) is 16.9 Å². The zero-order chi connectivity index (χ0) is 21.3. The molecule has 158 valence electrons. The van der Waals surface area contributed by atoms with Gasteiger partial charge in [-0.15, -0.1) is 0 Å². The van der Waals surface area contributed by atoms with Gasteiger partial charge in [-0.25, -0.2) is 4.98 Å². The summed E-state index contributed by atoms with van der Waals surface area (Å²) in [5.74, 6) is -0.495. The third-order valence-corrected chi connectivity index (χ3v) is 5.47. The summed E-state index contributed by atoms with van der Waals surface area (Å²) in [5, 5.41) is 2.74. The molecule has 1 fully saturated rings. The largest absolute Gasteiger partial charge is 0.438 e. The molecule has 9 heteroatoms. The van der Waals surface area contributed by atoms with Crippen molar-refractivity contribution < 1.29 is 18.0 Å². The monoisotopic (exact) mass is 410 g/mol. The Morgan fingerprint density at radius 2 is 1.83 bits per heavy atom. The number of fused-ring (bicyclic) bond motifs is 1.